The van der Waals surface area contributed by atoms with Gasteiger partial charge in [0.1, 0.15) is 61.5 Å². The molecule has 10 aromatic carbocycles. The summed E-state index contributed by atoms with van der Waals surface area (Å²) in [6.45, 7) is -1.77. The molecule has 648 valence electrons. The average molecular weight is 1800 g/mol. The zero-order valence-electron chi connectivity index (χ0n) is 65.6. The number of amides is 5. The van der Waals surface area contributed by atoms with Gasteiger partial charge in [-0.3, -0.25) is 24.0 Å². The van der Waals surface area contributed by atoms with Crippen molar-refractivity contribution in [2.45, 2.75) is 64.2 Å². The number of aromatic carboxylic acids is 2. The monoisotopic (exact) mass is 1800 g/mol. The minimum atomic E-state index is -3.97. The predicted octanol–water partition coefficient (Wildman–Crippen LogP) is 5.93. The van der Waals surface area contributed by atoms with Gasteiger partial charge in [-0.1, -0.05) is 115 Å². The molecule has 15 rings (SSSR count). The maximum atomic E-state index is 11.8. The Morgan fingerprint density at radius 2 is 0.544 bits per heavy atom. The van der Waals surface area contributed by atoms with Gasteiger partial charge in [-0.15, -0.1) is 0 Å². The molecule has 5 aliphatic heterocycles. The Morgan fingerprint density at radius 1 is 0.288 bits per heavy atom. The van der Waals surface area contributed by atoms with Crippen molar-refractivity contribution in [2.75, 3.05) is 54.2 Å². The van der Waals surface area contributed by atoms with Gasteiger partial charge in [0.25, 0.3) is 29.5 Å². The summed E-state index contributed by atoms with van der Waals surface area (Å²) in [5.41, 5.74) is 10.9. The van der Waals surface area contributed by atoms with Gasteiger partial charge < -0.3 is 35.7 Å². The molecule has 0 bridgehead atoms. The number of aromatic hydroxyl groups is 5. The highest BCUT2D eigenvalue weighted by atomic mass is 32.2. The molecule has 10 aromatic rings. The number of benzene rings is 10. The number of rotatable bonds is 22. The molecule has 0 saturated carbocycles. The van der Waals surface area contributed by atoms with Gasteiger partial charge in [0, 0.05) is 0 Å². The van der Waals surface area contributed by atoms with Crippen molar-refractivity contribution in [2.24, 2.45) is 0 Å². The second-order valence-electron chi connectivity index (χ2n) is 28.4. The van der Waals surface area contributed by atoms with Crippen LogP contribution in [0.2, 0.25) is 0 Å². The van der Waals surface area contributed by atoms with Crippen LogP contribution in [0.1, 0.15) is 87.5 Å². The van der Waals surface area contributed by atoms with Gasteiger partial charge in [-0.2, -0.15) is 52.6 Å². The third-order valence-electron chi connectivity index (χ3n) is 19.6. The van der Waals surface area contributed by atoms with Gasteiger partial charge >= 0.3 is 63.0 Å². The van der Waals surface area contributed by atoms with Crippen LogP contribution in [0.25, 0.3) is 0 Å². The average Bonchev–Trinajstić information content (AvgIpc) is 1.67. The molecule has 0 radical (unpaired) electrons. The van der Waals surface area contributed by atoms with Gasteiger partial charge in [0.05, 0.1) is 62.8 Å². The fourth-order valence-corrected chi connectivity index (χ4v) is 19.1. The lowest BCUT2D eigenvalue weighted by molar-refractivity contribution is -0.118. The Kier molecular flexibility index (Phi) is 28.3. The van der Waals surface area contributed by atoms with Crippen molar-refractivity contribution < 1.29 is 111 Å². The summed E-state index contributed by atoms with van der Waals surface area (Å²) in [5.74, 6) is -6.24. The van der Waals surface area contributed by atoms with E-state index in [0.29, 0.717) is 62.5 Å². The maximum Gasteiger partial charge on any atom is 0.335 e. The number of carbonyl (C=O) groups is 7. The fourth-order valence-electron chi connectivity index (χ4n) is 13.3. The first-order chi connectivity index (χ1) is 59.3. The third kappa shape index (κ3) is 23.5. The smallest absolute Gasteiger partial charge is 0.335 e. The van der Waals surface area contributed by atoms with Crippen LogP contribution in [0.15, 0.2) is 218 Å². The molecule has 5 heterocycles. The highest BCUT2D eigenvalue weighted by Gasteiger charge is 2.40. The molecule has 5 aliphatic rings. The summed E-state index contributed by atoms with van der Waals surface area (Å²) in [7, 11) is -19.7. The highest BCUT2D eigenvalue weighted by Crippen LogP contribution is 2.37. The van der Waals surface area contributed by atoms with Crippen LogP contribution < -0.4 is 45.1 Å². The van der Waals surface area contributed by atoms with Crippen LogP contribution in [0.4, 0.5) is 28.4 Å². The predicted molar refractivity (Wildman–Crippen MR) is 455 cm³/mol. The molecule has 5 fully saturated rings. The SMILES string of the molecule is N#Cc1ccc(CCc2ccc(N3CC(=O)NS3(=O)=O)c(O)c2)cc1.N#Cc1ccccc1CCc1ccc(N2CC(=O)NS2(=O)=O)c(O)c1.O=C1CN(c2ccc(CCc3ccc(C(=O)O)cc3)cc2O)S(=O)(=O)N1.O=C1CN(c2ccc(CCc3cccc(C(=O)O)c3)cc2O)S(=O)(=O)N1.O=C1CN(c2ccc(CCc3ccccc3)cc2O)S(=O)(=O)N1. The van der Waals surface area contributed by atoms with E-state index in [1.165, 1.54) is 84.4 Å². The number of anilines is 5. The van der Waals surface area contributed by atoms with E-state index in [9.17, 15) is 101 Å². The lowest BCUT2D eigenvalue weighted by Crippen LogP contribution is -2.29. The van der Waals surface area contributed by atoms with Crippen molar-refractivity contribution >= 4 is 121 Å². The summed E-state index contributed by atoms with van der Waals surface area (Å²) >= 11 is 0. The molecular formula is C84H78N12O24S5. The number of carboxylic acids is 2. The minimum absolute atomic E-state index is 0.0278. The van der Waals surface area contributed by atoms with Gasteiger partial charge in [-0.05, 0) is 223 Å². The highest BCUT2D eigenvalue weighted by molar-refractivity contribution is 7.93. The fraction of sp³-hybridized carbons (Fsp3) is 0.179. The Labute approximate surface area is 717 Å². The topological polar surface area (TPSA) is 556 Å². The maximum absolute atomic E-state index is 11.8. The molecular weight excluding hydrogens is 1720 g/mol. The molecule has 12 N–H and O–H groups in total. The largest absolute Gasteiger partial charge is 0.506 e. The first-order valence-corrected chi connectivity index (χ1v) is 44.9. The van der Waals surface area contributed by atoms with Crippen molar-refractivity contribution in [3.63, 3.8) is 0 Å². The van der Waals surface area contributed by atoms with Gasteiger partial charge in [0.15, 0.2) is 0 Å². The first kappa shape index (κ1) is 91.0. The zero-order chi connectivity index (χ0) is 90.3. The van der Waals surface area contributed by atoms with E-state index in [-0.39, 0.29) is 101 Å². The van der Waals surface area contributed by atoms with Crippen LogP contribution in [-0.4, -0.2) is 152 Å². The molecule has 0 aromatic heterocycles. The number of carboxylic acid groups (broad SMARTS) is 2. The van der Waals surface area contributed by atoms with Crippen LogP contribution in [0.3, 0.4) is 0 Å². The molecule has 0 atom stereocenters. The van der Waals surface area contributed by atoms with E-state index in [0.717, 1.165) is 84.4 Å². The molecule has 125 heavy (non-hydrogen) atoms. The summed E-state index contributed by atoms with van der Waals surface area (Å²) < 4.78 is 132. The van der Waals surface area contributed by atoms with Gasteiger partial charge in [-0.25, -0.2) is 54.7 Å². The van der Waals surface area contributed by atoms with E-state index < -0.39 is 92.5 Å². The normalized spacial score (nSPS) is 15.8. The van der Waals surface area contributed by atoms with Crippen LogP contribution in [0.5, 0.6) is 28.7 Å². The number of nitriles is 2. The van der Waals surface area contributed by atoms with E-state index >= 15 is 0 Å². The first-order valence-electron chi connectivity index (χ1n) is 37.7. The number of phenols is 5. The third-order valence-corrected chi connectivity index (χ3v) is 26.5. The number of aryl methyl sites for hydroxylation is 10. The number of hydrogen-bond donors (Lipinski definition) is 12. The molecule has 5 amide bonds. The number of nitrogens with one attached hydrogen (secondary N) is 5. The zero-order valence-corrected chi connectivity index (χ0v) is 69.7. The standard InChI is InChI=1S/2C17H15N3O4S.2C17H16N2O6S.C16H16N2O4S/c18-10-14-5-2-12(3-6-14)1-4-13-7-8-15(16(21)9-13)20-11-17(22)19-25(20,23)24;18-10-14-4-2-1-3-13(14)7-5-12-6-8-15(16(21)9-12)20-11-17(22)19-25(20,23)24;20-15-9-12(2-1-11-3-6-13(7-4-11)17(22)23)5-8-14(15)19-10-16(21)18-26(19,24)25;20-15-9-12(5-4-11-2-1-3-13(8-11)17(22)23)6-7-14(15)19-10-16(21)18-26(19,24)25;19-15-10-13(7-6-12-4-2-1-3-5-12)8-9-14(15)18-11-16(20)17-23(18,21)22/h2-3,5-9,21H,1,4,11H2,(H,19,22);1-4,6,8-9,21H,5,7,11H2,(H,19,22);3-9,20H,1-2,10H2,(H,18,21)(H,22,23);1-3,6-9,20H,4-5,10H2,(H,18,21)(H,22,23);1-5,8-10,19H,6-7,11H2,(H,17,20). The lowest BCUT2D eigenvalue weighted by Gasteiger charge is -2.16. The Morgan fingerprint density at radius 3 is 0.824 bits per heavy atom. The van der Waals surface area contributed by atoms with E-state index in [1.54, 1.807) is 78.9 Å². The Hall–Kier alpha value is -14.8. The number of carbonyl (C=O) groups excluding carboxylic acids is 5. The number of hydrogen-bond acceptors (Lipinski definition) is 24. The quantitative estimate of drug-likeness (QED) is 0.0374. The minimum Gasteiger partial charge on any atom is -0.506 e. The van der Waals surface area contributed by atoms with E-state index in [1.807, 2.05) is 84.3 Å². The van der Waals surface area contributed by atoms with Crippen LogP contribution in [-0.2, 0) is 139 Å². The Balaban J connectivity index is 0.000000152. The second kappa shape index (κ2) is 38.9. The summed E-state index contributed by atoms with van der Waals surface area (Å²) in [5, 5.41) is 86.5. The lowest BCUT2D eigenvalue weighted by atomic mass is 10.00. The molecule has 0 spiro atoms. The van der Waals surface area contributed by atoms with E-state index in [4.69, 9.17) is 20.7 Å². The summed E-state index contributed by atoms with van der Waals surface area (Å²) in [4.78, 5) is 78.3. The summed E-state index contributed by atoms with van der Waals surface area (Å²) in [6, 6.07) is 65.1. The summed E-state index contributed by atoms with van der Waals surface area (Å²) in [6.07, 6.45) is 6.38. The number of nitrogens with zero attached hydrogens (tertiary/aromatic N) is 7. The molecule has 0 unspecified atom stereocenters. The molecule has 41 heteroatoms. The Bertz CT molecular complexity index is 6560. The van der Waals surface area contributed by atoms with Gasteiger partial charge in [0.2, 0.25) is 0 Å². The molecule has 5 saturated heterocycles. The number of phenolic OH excluding ortho intramolecular Hbond substituents is 5. The van der Waals surface area contributed by atoms with Crippen LogP contribution in [0, 0.1) is 22.7 Å². The molecule has 36 nitrogen and oxygen atoms in total. The van der Waals surface area contributed by atoms with Crippen molar-refractivity contribution in [1.82, 2.24) is 23.6 Å². The van der Waals surface area contributed by atoms with Crippen molar-refractivity contribution in [3.05, 3.63) is 296 Å². The van der Waals surface area contributed by atoms with E-state index in [2.05, 4.69) is 12.1 Å². The van der Waals surface area contributed by atoms with Crippen molar-refractivity contribution in [3.8, 4) is 40.9 Å². The second-order valence-corrected chi connectivity index (χ2v) is 36.3. The molecule has 0 aliphatic carbocycles. The van der Waals surface area contributed by atoms with Crippen LogP contribution >= 0.6 is 0 Å². The van der Waals surface area contributed by atoms with Crippen molar-refractivity contribution in [1.29, 1.82) is 10.5 Å².